The zero-order chi connectivity index (χ0) is 12.0. The standard InChI is InChI=1S/C13H13FO2/c1-3-5-6-12(15)11-8-7-10(14)9-13(11)16-4-2/h1,7-9H,4-6H2,2H3. The van der Waals surface area contributed by atoms with E-state index < -0.39 is 5.82 Å². The minimum absolute atomic E-state index is 0.124. The largest absolute Gasteiger partial charge is 0.493 e. The van der Waals surface area contributed by atoms with E-state index >= 15 is 0 Å². The maximum Gasteiger partial charge on any atom is 0.167 e. The summed E-state index contributed by atoms with van der Waals surface area (Å²) >= 11 is 0. The highest BCUT2D eigenvalue weighted by molar-refractivity contribution is 5.98. The Kier molecular flexibility index (Phi) is 4.53. The molecule has 0 unspecified atom stereocenters. The predicted octanol–water partition coefficient (Wildman–Crippen LogP) is 2.82. The van der Waals surface area contributed by atoms with E-state index in [-0.39, 0.29) is 18.0 Å². The molecule has 0 radical (unpaired) electrons. The van der Waals surface area contributed by atoms with Crippen LogP contribution in [-0.4, -0.2) is 12.4 Å². The Balaban J connectivity index is 2.94. The second kappa shape index (κ2) is 5.92. The minimum atomic E-state index is -0.419. The number of rotatable bonds is 5. The molecule has 2 nitrogen and oxygen atoms in total. The third-order valence-electron chi connectivity index (χ3n) is 2.04. The molecule has 0 bridgehead atoms. The van der Waals surface area contributed by atoms with Crippen LogP contribution in [-0.2, 0) is 0 Å². The monoisotopic (exact) mass is 220 g/mol. The fraction of sp³-hybridized carbons (Fsp3) is 0.308. The van der Waals surface area contributed by atoms with E-state index in [1.165, 1.54) is 18.2 Å². The molecule has 0 aliphatic carbocycles. The smallest absolute Gasteiger partial charge is 0.167 e. The van der Waals surface area contributed by atoms with Gasteiger partial charge in [0.2, 0.25) is 0 Å². The van der Waals surface area contributed by atoms with Gasteiger partial charge < -0.3 is 4.74 Å². The highest BCUT2D eigenvalue weighted by atomic mass is 19.1. The van der Waals surface area contributed by atoms with Gasteiger partial charge in [-0.1, -0.05) is 0 Å². The van der Waals surface area contributed by atoms with E-state index in [0.717, 1.165) is 0 Å². The molecule has 1 aromatic carbocycles. The van der Waals surface area contributed by atoms with E-state index in [1.807, 2.05) is 0 Å². The fourth-order valence-electron chi connectivity index (χ4n) is 1.32. The molecule has 0 aliphatic rings. The van der Waals surface area contributed by atoms with Gasteiger partial charge in [-0.2, -0.15) is 0 Å². The van der Waals surface area contributed by atoms with E-state index in [2.05, 4.69) is 5.92 Å². The number of ether oxygens (including phenoxy) is 1. The number of carbonyl (C=O) groups excluding carboxylic acids is 1. The molecule has 0 fully saturated rings. The van der Waals surface area contributed by atoms with Gasteiger partial charge in [0.15, 0.2) is 5.78 Å². The molecule has 0 aromatic heterocycles. The van der Waals surface area contributed by atoms with E-state index in [9.17, 15) is 9.18 Å². The van der Waals surface area contributed by atoms with E-state index in [0.29, 0.717) is 18.6 Å². The van der Waals surface area contributed by atoms with Crippen LogP contribution in [0.4, 0.5) is 4.39 Å². The number of Topliss-reactive ketones (excluding diaryl/α,β-unsaturated/α-hetero) is 1. The first-order valence-electron chi connectivity index (χ1n) is 5.08. The summed E-state index contributed by atoms with van der Waals surface area (Å²) in [6.45, 7) is 2.17. The lowest BCUT2D eigenvalue weighted by molar-refractivity contribution is 0.0980. The Labute approximate surface area is 94.4 Å². The van der Waals surface area contributed by atoms with Crippen LogP contribution < -0.4 is 4.74 Å². The number of terminal acetylenes is 1. The van der Waals surface area contributed by atoms with Gasteiger partial charge in [0.1, 0.15) is 11.6 Å². The molecule has 0 atom stereocenters. The molecular weight excluding hydrogens is 207 g/mol. The SMILES string of the molecule is C#CCCC(=O)c1ccc(F)cc1OCC. The molecular formula is C13H13FO2. The Morgan fingerprint density at radius 1 is 1.56 bits per heavy atom. The van der Waals surface area contributed by atoms with Crippen molar-refractivity contribution >= 4 is 5.78 Å². The van der Waals surface area contributed by atoms with Crippen molar-refractivity contribution in [2.45, 2.75) is 19.8 Å². The van der Waals surface area contributed by atoms with Gasteiger partial charge in [-0.15, -0.1) is 12.3 Å². The molecule has 1 rings (SSSR count). The van der Waals surface area contributed by atoms with Crippen LogP contribution in [0, 0.1) is 18.2 Å². The molecule has 0 amide bonds. The third-order valence-corrected chi connectivity index (χ3v) is 2.04. The molecule has 84 valence electrons. The van der Waals surface area contributed by atoms with Crippen molar-refractivity contribution in [3.05, 3.63) is 29.6 Å². The summed E-state index contributed by atoms with van der Waals surface area (Å²) in [5.74, 6) is 2.13. The number of carbonyl (C=O) groups is 1. The average molecular weight is 220 g/mol. The first kappa shape index (κ1) is 12.3. The number of ketones is 1. The Morgan fingerprint density at radius 3 is 2.94 bits per heavy atom. The van der Waals surface area contributed by atoms with Crippen molar-refractivity contribution in [2.24, 2.45) is 0 Å². The number of hydrogen-bond donors (Lipinski definition) is 0. The highest BCUT2D eigenvalue weighted by Crippen LogP contribution is 2.21. The molecule has 1 aromatic rings. The van der Waals surface area contributed by atoms with Gasteiger partial charge in [-0.3, -0.25) is 4.79 Å². The summed E-state index contributed by atoms with van der Waals surface area (Å²) in [6.07, 6.45) is 5.71. The Hall–Kier alpha value is -1.82. The first-order chi connectivity index (χ1) is 7.69. The van der Waals surface area contributed by atoms with Crippen molar-refractivity contribution in [2.75, 3.05) is 6.61 Å². The van der Waals surface area contributed by atoms with Gasteiger partial charge in [-0.05, 0) is 19.1 Å². The Bertz CT molecular complexity index is 418. The molecule has 0 spiro atoms. The Morgan fingerprint density at radius 2 is 2.31 bits per heavy atom. The number of benzene rings is 1. The van der Waals surface area contributed by atoms with Crippen LogP contribution in [0.25, 0.3) is 0 Å². The van der Waals surface area contributed by atoms with Crippen LogP contribution in [0.2, 0.25) is 0 Å². The topological polar surface area (TPSA) is 26.3 Å². The van der Waals surface area contributed by atoms with Gasteiger partial charge in [0.25, 0.3) is 0 Å². The molecule has 16 heavy (non-hydrogen) atoms. The van der Waals surface area contributed by atoms with Crippen molar-refractivity contribution < 1.29 is 13.9 Å². The van der Waals surface area contributed by atoms with Crippen LogP contribution in [0.3, 0.4) is 0 Å². The fourth-order valence-corrected chi connectivity index (χ4v) is 1.32. The van der Waals surface area contributed by atoms with Crippen molar-refractivity contribution in [3.63, 3.8) is 0 Å². The second-order valence-electron chi connectivity index (χ2n) is 3.20. The number of halogens is 1. The van der Waals surface area contributed by atoms with Crippen LogP contribution in [0.5, 0.6) is 5.75 Å². The average Bonchev–Trinajstić information content (AvgIpc) is 2.26. The highest BCUT2D eigenvalue weighted by Gasteiger charge is 2.12. The summed E-state index contributed by atoms with van der Waals surface area (Å²) in [5.41, 5.74) is 0.388. The maximum absolute atomic E-state index is 13.0. The molecule has 0 saturated carbocycles. The van der Waals surface area contributed by atoms with Crippen molar-refractivity contribution in [3.8, 4) is 18.1 Å². The third kappa shape index (κ3) is 3.09. The summed E-state index contributed by atoms with van der Waals surface area (Å²) < 4.78 is 18.2. The molecule has 0 N–H and O–H groups in total. The quantitative estimate of drug-likeness (QED) is 0.563. The minimum Gasteiger partial charge on any atom is -0.493 e. The zero-order valence-corrected chi connectivity index (χ0v) is 9.13. The molecule has 0 heterocycles. The van der Waals surface area contributed by atoms with Crippen LogP contribution in [0.1, 0.15) is 30.1 Å². The first-order valence-corrected chi connectivity index (χ1v) is 5.08. The van der Waals surface area contributed by atoms with E-state index in [4.69, 9.17) is 11.2 Å². The van der Waals surface area contributed by atoms with Crippen LogP contribution in [0.15, 0.2) is 18.2 Å². The number of hydrogen-bond acceptors (Lipinski definition) is 2. The predicted molar refractivity (Wildman–Crippen MR) is 60.0 cm³/mol. The second-order valence-corrected chi connectivity index (χ2v) is 3.20. The molecule has 3 heteroatoms. The molecule has 0 saturated heterocycles. The maximum atomic E-state index is 13.0. The summed E-state index contributed by atoms with van der Waals surface area (Å²) in [7, 11) is 0. The van der Waals surface area contributed by atoms with E-state index in [1.54, 1.807) is 6.92 Å². The van der Waals surface area contributed by atoms with Crippen molar-refractivity contribution in [1.29, 1.82) is 0 Å². The summed E-state index contributed by atoms with van der Waals surface area (Å²) in [4.78, 5) is 11.7. The summed E-state index contributed by atoms with van der Waals surface area (Å²) in [5, 5.41) is 0. The normalized spacial score (nSPS) is 9.56. The lowest BCUT2D eigenvalue weighted by Crippen LogP contribution is -2.04. The van der Waals surface area contributed by atoms with Gasteiger partial charge in [0, 0.05) is 18.9 Å². The van der Waals surface area contributed by atoms with Crippen molar-refractivity contribution in [1.82, 2.24) is 0 Å². The lowest BCUT2D eigenvalue weighted by Gasteiger charge is -2.08. The van der Waals surface area contributed by atoms with Crippen LogP contribution >= 0.6 is 0 Å². The van der Waals surface area contributed by atoms with Gasteiger partial charge in [0.05, 0.1) is 12.2 Å². The van der Waals surface area contributed by atoms with Gasteiger partial charge in [-0.25, -0.2) is 4.39 Å². The van der Waals surface area contributed by atoms with Gasteiger partial charge >= 0.3 is 0 Å². The lowest BCUT2D eigenvalue weighted by atomic mass is 10.1. The zero-order valence-electron chi connectivity index (χ0n) is 9.13. The molecule has 0 aliphatic heterocycles. The summed E-state index contributed by atoms with van der Waals surface area (Å²) in [6, 6.07) is 3.89.